The van der Waals surface area contributed by atoms with Gasteiger partial charge < -0.3 is 78.7 Å². The molecule has 74 heavy (non-hydrogen) atoms. The van der Waals surface area contributed by atoms with Gasteiger partial charge in [-0.25, -0.2) is 9.59 Å². The number of ether oxygens (including phenoxy) is 8. The van der Waals surface area contributed by atoms with Crippen molar-refractivity contribution in [2.24, 2.45) is 47.3 Å². The summed E-state index contributed by atoms with van der Waals surface area (Å²) in [5.74, 6) is -9.82. The van der Waals surface area contributed by atoms with Gasteiger partial charge in [-0.2, -0.15) is 0 Å². The fourth-order valence-corrected chi connectivity index (χ4v) is 11.8. The number of cyclic esters (lactones) is 2. The van der Waals surface area contributed by atoms with Crippen LogP contribution >= 0.6 is 0 Å². The third-order valence-electron chi connectivity index (χ3n) is 17.1. The summed E-state index contributed by atoms with van der Waals surface area (Å²) in [6.07, 6.45) is -2.54. The number of hydrogen-bond donors (Lipinski definition) is 8. The van der Waals surface area contributed by atoms with E-state index in [1.54, 1.807) is 91.8 Å². The van der Waals surface area contributed by atoms with Crippen LogP contribution < -0.4 is 0 Å². The molecule has 0 aromatic rings. The molecular weight excluding hydrogens is 961 g/mol. The van der Waals surface area contributed by atoms with E-state index in [1.807, 2.05) is 41.5 Å². The number of aliphatic hydroxyl groups excluding tert-OH is 6. The third-order valence-corrected chi connectivity index (χ3v) is 17.1. The van der Waals surface area contributed by atoms with Gasteiger partial charge in [0.1, 0.15) is 24.4 Å². The molecule has 18 nitrogen and oxygen atoms in total. The molecule has 5 heterocycles. The average molecular weight is 1050 g/mol. The summed E-state index contributed by atoms with van der Waals surface area (Å²) in [6.45, 7) is 24.6. The first-order valence-corrected chi connectivity index (χ1v) is 27.2. The minimum absolute atomic E-state index is 0.0280. The monoisotopic (exact) mass is 1050 g/mol. The van der Waals surface area contributed by atoms with Crippen molar-refractivity contribution < 1.29 is 88.3 Å². The number of rotatable bonds is 14. The van der Waals surface area contributed by atoms with Crippen molar-refractivity contribution in [2.45, 2.75) is 245 Å². The van der Waals surface area contributed by atoms with Crippen molar-refractivity contribution in [3.63, 3.8) is 0 Å². The summed E-state index contributed by atoms with van der Waals surface area (Å²) in [5, 5.41) is 90.1. The van der Waals surface area contributed by atoms with Gasteiger partial charge in [0.15, 0.2) is 24.2 Å². The highest BCUT2D eigenvalue weighted by atomic mass is 16.7. The van der Waals surface area contributed by atoms with E-state index in [9.17, 15) is 50.4 Å². The van der Waals surface area contributed by atoms with Gasteiger partial charge in [-0.3, -0.25) is 0 Å². The summed E-state index contributed by atoms with van der Waals surface area (Å²) in [4.78, 5) is 27.8. The summed E-state index contributed by atoms with van der Waals surface area (Å²) < 4.78 is 49.6. The van der Waals surface area contributed by atoms with Crippen LogP contribution in [0.1, 0.15) is 135 Å². The molecule has 0 spiro atoms. The predicted octanol–water partition coefficient (Wildman–Crippen LogP) is 4.90. The lowest BCUT2D eigenvalue weighted by molar-refractivity contribution is -0.345. The molecule has 424 valence electrons. The van der Waals surface area contributed by atoms with E-state index in [1.165, 1.54) is 0 Å². The molecule has 5 aliphatic rings. The maximum absolute atomic E-state index is 13.9. The molecule has 8 N–H and O–H groups in total. The van der Waals surface area contributed by atoms with Crippen LogP contribution in [0.4, 0.5) is 0 Å². The second kappa shape index (κ2) is 26.3. The van der Waals surface area contributed by atoms with Crippen molar-refractivity contribution in [1.29, 1.82) is 0 Å². The van der Waals surface area contributed by atoms with Crippen LogP contribution in [0.3, 0.4) is 0 Å². The Balaban J connectivity index is 1.33. The van der Waals surface area contributed by atoms with Crippen molar-refractivity contribution in [3.8, 4) is 0 Å². The summed E-state index contributed by atoms with van der Waals surface area (Å²) in [6, 6.07) is 0. The lowest BCUT2D eigenvalue weighted by atomic mass is 9.76. The first-order chi connectivity index (χ1) is 34.6. The van der Waals surface area contributed by atoms with Crippen LogP contribution in [0.15, 0.2) is 47.6 Å². The number of allylic oxidation sites excluding steroid dienone is 4. The van der Waals surface area contributed by atoms with E-state index in [0.29, 0.717) is 12.8 Å². The largest absolute Gasteiger partial charge is 0.458 e. The van der Waals surface area contributed by atoms with Gasteiger partial charge in [-0.1, -0.05) is 91.8 Å². The molecule has 5 aliphatic heterocycles. The van der Waals surface area contributed by atoms with Crippen LogP contribution in [-0.4, -0.2) is 162 Å². The standard InChI is InChI=1S/C56H92O18/c1-15-39-35(11)73-55(65,25-43(39)69-45-23-41(57)49(61)37(13)67-45)33(9)47(59)31(7)51-27(3)19-17-21-30(6)54(64)72-52(28(4)20-18-22-29(5)53(63)71-51)32(8)48(60)34(10)56(66)26-44(40(16-2)36(12)74-56)70-46-24-42(58)50(62)38(14)68-46/h17-22,27-28,31-52,57-62,65-66H,15-16,23-26H2,1-14H3/b19-17-,20-18+,29-22-,30-21-/t27-,28-,31-,32-,33-,34-,35+,36+,37-,38-,39+,40+,41-,42-,43+,44+,45?,46-,47+,48+,49+,50+,51-,52-,55+,56+/m0/s1. The Bertz CT molecular complexity index is 1800. The zero-order valence-corrected chi connectivity index (χ0v) is 46.2. The van der Waals surface area contributed by atoms with Gasteiger partial charge in [-0.15, -0.1) is 0 Å². The summed E-state index contributed by atoms with van der Waals surface area (Å²) >= 11 is 0. The molecule has 26 atom stereocenters. The van der Waals surface area contributed by atoms with Crippen LogP contribution in [0.5, 0.6) is 0 Å². The molecule has 0 aliphatic carbocycles. The molecule has 0 amide bonds. The van der Waals surface area contributed by atoms with E-state index < -0.39 is 157 Å². The molecule has 0 aromatic heterocycles. The minimum Gasteiger partial charge on any atom is -0.458 e. The van der Waals surface area contributed by atoms with E-state index in [-0.39, 0.29) is 48.7 Å². The Labute approximate surface area is 439 Å². The number of aliphatic hydroxyl groups is 8. The highest BCUT2D eigenvalue weighted by Crippen LogP contribution is 2.45. The van der Waals surface area contributed by atoms with Gasteiger partial charge in [0, 0.05) is 84.2 Å². The molecule has 4 saturated heterocycles. The molecule has 0 aromatic carbocycles. The normalized spacial score (nSPS) is 46.0. The lowest BCUT2D eigenvalue weighted by Gasteiger charge is -2.50. The summed E-state index contributed by atoms with van der Waals surface area (Å²) in [7, 11) is 0. The van der Waals surface area contributed by atoms with Crippen molar-refractivity contribution in [3.05, 3.63) is 47.6 Å². The van der Waals surface area contributed by atoms with Crippen LogP contribution in [-0.2, 0) is 47.5 Å². The highest BCUT2D eigenvalue weighted by molar-refractivity contribution is 5.88. The Morgan fingerprint density at radius 2 is 0.932 bits per heavy atom. The molecule has 1 unspecified atom stereocenters. The quantitative estimate of drug-likeness (QED) is 0.108. The smallest absolute Gasteiger partial charge is 0.334 e. The Morgan fingerprint density at radius 1 is 0.595 bits per heavy atom. The van der Waals surface area contributed by atoms with Gasteiger partial charge in [0.2, 0.25) is 0 Å². The Hall–Kier alpha value is -2.66. The van der Waals surface area contributed by atoms with Gasteiger partial charge in [0.05, 0.1) is 61.0 Å². The van der Waals surface area contributed by atoms with E-state index >= 15 is 0 Å². The average Bonchev–Trinajstić information content (AvgIpc) is 3.33. The van der Waals surface area contributed by atoms with Crippen LogP contribution in [0.2, 0.25) is 0 Å². The topological polar surface area (TPSA) is 270 Å². The number of esters is 2. The number of carbonyl (C=O) groups excluding carboxylic acids is 2. The van der Waals surface area contributed by atoms with Gasteiger partial charge >= 0.3 is 11.9 Å². The Morgan fingerprint density at radius 3 is 1.24 bits per heavy atom. The first kappa shape index (κ1) is 62.2. The third kappa shape index (κ3) is 14.5. The molecule has 18 heteroatoms. The van der Waals surface area contributed by atoms with E-state index in [2.05, 4.69) is 0 Å². The molecule has 0 saturated carbocycles. The molecule has 5 rings (SSSR count). The zero-order valence-electron chi connectivity index (χ0n) is 46.2. The van der Waals surface area contributed by atoms with Crippen LogP contribution in [0.25, 0.3) is 0 Å². The SMILES string of the molecule is CC[C@@H]1[C@@H](C)O[C@@](O)([C@@H](C)[C@H](O)[C@H](C)[C@H]2OC(=O)/C(C)=C\C=C\[C@H](C)[C@@H]([C@@H](C)[C@@H](O)[C@H](C)[C@@]3(O)C[C@@H](O[C@H]4C[C@H](O)[C@H](O)[C@H](C)O4)[C@H](CC)[C@@H](C)O3)OC(=O)/C(C)=C\C=C/[C@@H]2C)C[C@H]1OC1C[C@H](O)[C@H](O)[C@H](C)O1. The molecular formula is C56H92O18. The second-order valence-corrected chi connectivity index (χ2v) is 22.6. The van der Waals surface area contributed by atoms with Crippen molar-refractivity contribution >= 4 is 11.9 Å². The minimum atomic E-state index is -1.89. The number of carbonyl (C=O) groups is 2. The van der Waals surface area contributed by atoms with Gasteiger partial charge in [0.25, 0.3) is 0 Å². The molecule has 4 fully saturated rings. The molecule has 0 radical (unpaired) electrons. The number of hydrogen-bond acceptors (Lipinski definition) is 18. The maximum Gasteiger partial charge on any atom is 0.334 e. The summed E-state index contributed by atoms with van der Waals surface area (Å²) in [5.41, 5.74) is 0.472. The lowest BCUT2D eigenvalue weighted by Crippen LogP contribution is -2.59. The zero-order chi connectivity index (χ0) is 55.3. The van der Waals surface area contributed by atoms with E-state index in [4.69, 9.17) is 37.9 Å². The predicted molar refractivity (Wildman–Crippen MR) is 272 cm³/mol. The highest BCUT2D eigenvalue weighted by Gasteiger charge is 2.54. The molecule has 0 bridgehead atoms. The maximum atomic E-state index is 13.9. The van der Waals surface area contributed by atoms with Crippen LogP contribution in [0, 0.1) is 47.3 Å². The fraction of sp³-hybridized carbons (Fsp3) is 0.821. The fourth-order valence-electron chi connectivity index (χ4n) is 11.8. The van der Waals surface area contributed by atoms with E-state index in [0.717, 1.165) is 0 Å². The second-order valence-electron chi connectivity index (χ2n) is 22.6. The van der Waals surface area contributed by atoms with Crippen molar-refractivity contribution in [1.82, 2.24) is 0 Å². The van der Waals surface area contributed by atoms with Crippen molar-refractivity contribution in [2.75, 3.05) is 0 Å². The Kier molecular flexibility index (Phi) is 22.1. The first-order valence-electron chi connectivity index (χ1n) is 27.2. The van der Waals surface area contributed by atoms with Gasteiger partial charge in [-0.05, 0) is 54.4 Å².